The largest absolute Gasteiger partial charge is 0.396 e. The van der Waals surface area contributed by atoms with Crippen molar-refractivity contribution in [1.29, 1.82) is 0 Å². The van der Waals surface area contributed by atoms with Crippen LogP contribution in [0.4, 0.5) is 13.2 Å². The van der Waals surface area contributed by atoms with Gasteiger partial charge in [0.2, 0.25) is 5.91 Å². The molecule has 1 aliphatic heterocycles. The predicted molar refractivity (Wildman–Crippen MR) is 99.8 cm³/mol. The van der Waals surface area contributed by atoms with E-state index in [1.165, 1.54) is 0 Å². The van der Waals surface area contributed by atoms with E-state index in [9.17, 15) is 18.0 Å². The van der Waals surface area contributed by atoms with Crippen LogP contribution >= 0.6 is 0 Å². The van der Waals surface area contributed by atoms with Gasteiger partial charge in [0.1, 0.15) is 0 Å². The zero-order valence-electron chi connectivity index (χ0n) is 16.1. The number of amides is 1. The lowest BCUT2D eigenvalue weighted by Gasteiger charge is -2.39. The molecule has 2 N–H and O–H groups in total. The van der Waals surface area contributed by atoms with Crippen LogP contribution in [0.2, 0.25) is 0 Å². The van der Waals surface area contributed by atoms with Crippen LogP contribution in [0.15, 0.2) is 35.5 Å². The number of carbonyl (C=O) groups is 1. The summed E-state index contributed by atoms with van der Waals surface area (Å²) in [6, 6.07) is 0.0546. The van der Waals surface area contributed by atoms with E-state index in [1.807, 2.05) is 11.0 Å². The van der Waals surface area contributed by atoms with Crippen molar-refractivity contribution in [1.82, 2.24) is 4.90 Å². The van der Waals surface area contributed by atoms with Crippen molar-refractivity contribution in [2.24, 2.45) is 23.0 Å². The second-order valence-corrected chi connectivity index (χ2v) is 8.42. The van der Waals surface area contributed by atoms with Gasteiger partial charge in [-0.25, -0.2) is 0 Å². The summed E-state index contributed by atoms with van der Waals surface area (Å²) >= 11 is 0. The Morgan fingerprint density at radius 3 is 2.63 bits per heavy atom. The number of rotatable bonds is 3. The van der Waals surface area contributed by atoms with Gasteiger partial charge in [0.05, 0.1) is 11.3 Å². The molecule has 3 rings (SSSR count). The van der Waals surface area contributed by atoms with E-state index in [2.05, 4.69) is 13.8 Å². The molecule has 1 saturated carbocycles. The van der Waals surface area contributed by atoms with Gasteiger partial charge < -0.3 is 10.6 Å². The van der Waals surface area contributed by atoms with Crippen LogP contribution in [0.5, 0.6) is 0 Å². The Bertz CT molecular complexity index is 677. The molecular formula is C21H29F3N2O. The third-order valence-corrected chi connectivity index (χ3v) is 6.54. The van der Waals surface area contributed by atoms with Crippen LogP contribution in [0.3, 0.4) is 0 Å². The van der Waals surface area contributed by atoms with Gasteiger partial charge >= 0.3 is 6.18 Å². The van der Waals surface area contributed by atoms with Crippen molar-refractivity contribution in [3.05, 3.63) is 35.5 Å². The van der Waals surface area contributed by atoms with E-state index >= 15 is 0 Å². The molecule has 3 atom stereocenters. The topological polar surface area (TPSA) is 46.3 Å². The zero-order chi connectivity index (χ0) is 19.8. The number of nitrogens with zero attached hydrogens (tertiary/aromatic N) is 1. The van der Waals surface area contributed by atoms with Gasteiger partial charge in [0.15, 0.2) is 0 Å². The van der Waals surface area contributed by atoms with Crippen molar-refractivity contribution in [2.45, 2.75) is 58.2 Å². The third kappa shape index (κ3) is 3.86. The van der Waals surface area contributed by atoms with Gasteiger partial charge in [-0.15, -0.1) is 0 Å². The minimum atomic E-state index is -4.24. The summed E-state index contributed by atoms with van der Waals surface area (Å²) in [5.74, 6) is -1.12. The van der Waals surface area contributed by atoms with Crippen molar-refractivity contribution in [3.63, 3.8) is 0 Å². The van der Waals surface area contributed by atoms with E-state index in [4.69, 9.17) is 5.73 Å². The molecule has 0 aromatic heterocycles. The SMILES string of the molecule is CC(C)C1(C(=O)N2CC=C(C3=CC=CCC3C(F)(F)F)CC2)CC[C@@H](N)C1. The fourth-order valence-corrected chi connectivity index (χ4v) is 4.78. The van der Waals surface area contributed by atoms with E-state index in [-0.39, 0.29) is 24.3 Å². The van der Waals surface area contributed by atoms with Crippen LogP contribution in [-0.2, 0) is 4.79 Å². The number of hydrogen-bond donors (Lipinski definition) is 1. The number of halogens is 3. The first-order valence-corrected chi connectivity index (χ1v) is 9.83. The molecule has 3 nitrogen and oxygen atoms in total. The number of carbonyl (C=O) groups excluding carboxylic acids is 1. The molecular weight excluding hydrogens is 353 g/mol. The lowest BCUT2D eigenvalue weighted by Crippen LogP contribution is -2.48. The molecule has 1 fully saturated rings. The van der Waals surface area contributed by atoms with Crippen LogP contribution < -0.4 is 5.73 Å². The summed E-state index contributed by atoms with van der Waals surface area (Å²) in [7, 11) is 0. The van der Waals surface area contributed by atoms with Gasteiger partial charge in [-0.1, -0.05) is 38.2 Å². The molecule has 0 aromatic carbocycles. The molecule has 0 saturated heterocycles. The minimum absolute atomic E-state index is 0.0103. The predicted octanol–water partition coefficient (Wildman–Crippen LogP) is 4.36. The fraction of sp³-hybridized carbons (Fsp3) is 0.667. The average molecular weight is 382 g/mol. The van der Waals surface area contributed by atoms with Gasteiger partial charge in [0, 0.05) is 19.1 Å². The van der Waals surface area contributed by atoms with E-state index in [0.29, 0.717) is 31.5 Å². The lowest BCUT2D eigenvalue weighted by molar-refractivity contribution is -0.163. The lowest BCUT2D eigenvalue weighted by atomic mass is 9.74. The first-order valence-electron chi connectivity index (χ1n) is 9.83. The molecule has 1 amide bonds. The Balaban J connectivity index is 1.75. The highest BCUT2D eigenvalue weighted by Crippen LogP contribution is 2.46. The fourth-order valence-electron chi connectivity index (χ4n) is 4.78. The average Bonchev–Trinajstić information content (AvgIpc) is 3.04. The second kappa shape index (κ2) is 7.46. The Morgan fingerprint density at radius 1 is 1.37 bits per heavy atom. The van der Waals surface area contributed by atoms with E-state index in [1.54, 1.807) is 18.2 Å². The molecule has 0 aromatic rings. The van der Waals surface area contributed by atoms with Gasteiger partial charge in [0.25, 0.3) is 0 Å². The van der Waals surface area contributed by atoms with Crippen LogP contribution in [0.1, 0.15) is 46.0 Å². The molecule has 150 valence electrons. The molecule has 2 aliphatic carbocycles. The Labute approximate surface area is 159 Å². The van der Waals surface area contributed by atoms with Gasteiger partial charge in [-0.3, -0.25) is 4.79 Å². The zero-order valence-corrected chi connectivity index (χ0v) is 16.1. The van der Waals surface area contributed by atoms with Gasteiger partial charge in [-0.2, -0.15) is 13.2 Å². The van der Waals surface area contributed by atoms with E-state index < -0.39 is 17.5 Å². The maximum absolute atomic E-state index is 13.4. The third-order valence-electron chi connectivity index (χ3n) is 6.54. The molecule has 6 heteroatoms. The standard InChI is InChI=1S/C21H29F3N2O/c1-14(2)20(10-7-16(25)13-20)19(27)26-11-8-15(9-12-26)17-5-3-4-6-18(17)21(22,23)24/h3-5,8,14,16,18H,6-7,9-13,25H2,1-2H3/t16-,18?,20?/m1/s1. The quantitative estimate of drug-likeness (QED) is 0.788. The Kier molecular flexibility index (Phi) is 5.57. The molecule has 1 heterocycles. The summed E-state index contributed by atoms with van der Waals surface area (Å²) in [6.07, 6.45) is 5.22. The van der Waals surface area contributed by atoms with Crippen molar-refractivity contribution in [3.8, 4) is 0 Å². The highest BCUT2D eigenvalue weighted by Gasteiger charge is 2.49. The van der Waals surface area contributed by atoms with Gasteiger partial charge in [-0.05, 0) is 49.2 Å². The highest BCUT2D eigenvalue weighted by atomic mass is 19.4. The smallest absolute Gasteiger partial charge is 0.338 e. The molecule has 0 bridgehead atoms. The second-order valence-electron chi connectivity index (χ2n) is 8.42. The Hall–Kier alpha value is -1.56. The first-order chi connectivity index (χ1) is 12.6. The molecule has 27 heavy (non-hydrogen) atoms. The normalized spacial score (nSPS) is 31.9. The Morgan fingerprint density at radius 2 is 2.11 bits per heavy atom. The van der Waals surface area contributed by atoms with Crippen LogP contribution in [0, 0.1) is 17.3 Å². The van der Waals surface area contributed by atoms with Crippen LogP contribution in [0.25, 0.3) is 0 Å². The maximum Gasteiger partial charge on any atom is 0.396 e. The molecule has 2 unspecified atom stereocenters. The molecule has 0 spiro atoms. The van der Waals surface area contributed by atoms with Crippen LogP contribution in [-0.4, -0.2) is 36.1 Å². The summed E-state index contributed by atoms with van der Waals surface area (Å²) in [4.78, 5) is 15.1. The number of allylic oxidation sites excluding steroid dienone is 4. The van der Waals surface area contributed by atoms with Crippen molar-refractivity contribution < 1.29 is 18.0 Å². The summed E-state index contributed by atoms with van der Waals surface area (Å²) in [5.41, 5.74) is 6.75. The van der Waals surface area contributed by atoms with Crippen molar-refractivity contribution >= 4 is 5.91 Å². The highest BCUT2D eigenvalue weighted by molar-refractivity contribution is 5.84. The number of hydrogen-bond acceptors (Lipinski definition) is 2. The first kappa shape index (κ1) is 20.2. The van der Waals surface area contributed by atoms with E-state index in [0.717, 1.165) is 18.4 Å². The number of alkyl halides is 3. The summed E-state index contributed by atoms with van der Waals surface area (Å²) in [6.45, 7) is 4.98. The summed E-state index contributed by atoms with van der Waals surface area (Å²) < 4.78 is 40.1. The molecule has 3 aliphatic rings. The summed E-state index contributed by atoms with van der Waals surface area (Å²) in [5, 5.41) is 0. The number of nitrogens with two attached hydrogens (primary N) is 1. The minimum Gasteiger partial charge on any atom is -0.338 e. The maximum atomic E-state index is 13.4. The monoisotopic (exact) mass is 382 g/mol. The van der Waals surface area contributed by atoms with Crippen molar-refractivity contribution in [2.75, 3.05) is 13.1 Å². The molecule has 0 radical (unpaired) electrons.